The molecule has 6 nitrogen and oxygen atoms in total. The van der Waals surface area contributed by atoms with Crippen molar-refractivity contribution >= 4 is 43.8 Å². The summed E-state index contributed by atoms with van der Waals surface area (Å²) in [4.78, 5) is 14.0. The number of likely N-dealkylation sites (tertiary alicyclic amines) is 1. The topological polar surface area (TPSA) is 73.4 Å². The molecule has 152 valence electrons. The van der Waals surface area contributed by atoms with Gasteiger partial charge in [0.1, 0.15) is 17.2 Å². The van der Waals surface area contributed by atoms with Crippen LogP contribution in [-0.2, 0) is 4.74 Å². The SMILES string of the molecule is CC(C)(C)OC(=O)N1CCC(c2cc(N)n(-c3c(Br)cc(F)cc3Br)n2)CC1. The Morgan fingerprint density at radius 1 is 1.21 bits per heavy atom. The monoisotopic (exact) mass is 516 g/mol. The third-order valence-electron chi connectivity index (χ3n) is 4.51. The molecule has 0 aliphatic carbocycles. The molecular weight excluding hydrogens is 495 g/mol. The number of nitrogens with two attached hydrogens (primary N) is 1. The number of amides is 1. The normalized spacial score (nSPS) is 15.7. The van der Waals surface area contributed by atoms with Gasteiger partial charge in [-0.2, -0.15) is 5.10 Å². The lowest BCUT2D eigenvalue weighted by Crippen LogP contribution is -2.41. The molecule has 0 saturated carbocycles. The fraction of sp³-hybridized carbons (Fsp3) is 0.474. The summed E-state index contributed by atoms with van der Waals surface area (Å²) < 4.78 is 21.7. The third kappa shape index (κ3) is 4.68. The van der Waals surface area contributed by atoms with Crippen LogP contribution in [0.1, 0.15) is 45.2 Å². The van der Waals surface area contributed by atoms with Gasteiger partial charge in [-0.25, -0.2) is 13.9 Å². The minimum Gasteiger partial charge on any atom is -0.444 e. The summed E-state index contributed by atoms with van der Waals surface area (Å²) in [5.74, 6) is 0.306. The number of halogens is 3. The number of nitrogens with zero attached hydrogens (tertiary/aromatic N) is 3. The molecule has 1 aromatic carbocycles. The number of carbonyl (C=O) groups excluding carboxylic acids is 1. The fourth-order valence-electron chi connectivity index (χ4n) is 3.21. The molecule has 0 radical (unpaired) electrons. The van der Waals surface area contributed by atoms with Crippen molar-refractivity contribution in [1.82, 2.24) is 14.7 Å². The first-order chi connectivity index (χ1) is 13.0. The molecule has 1 aliphatic heterocycles. The van der Waals surface area contributed by atoms with Crippen molar-refractivity contribution in [2.45, 2.75) is 45.1 Å². The zero-order chi connectivity index (χ0) is 20.6. The molecule has 1 saturated heterocycles. The highest BCUT2D eigenvalue weighted by Crippen LogP contribution is 2.34. The van der Waals surface area contributed by atoms with Crippen LogP contribution in [0, 0.1) is 5.82 Å². The van der Waals surface area contributed by atoms with Crippen LogP contribution in [0.25, 0.3) is 5.69 Å². The average molecular weight is 518 g/mol. The summed E-state index contributed by atoms with van der Waals surface area (Å²) in [5, 5.41) is 4.66. The average Bonchev–Trinajstić information content (AvgIpc) is 2.94. The van der Waals surface area contributed by atoms with Gasteiger partial charge in [0.25, 0.3) is 0 Å². The second kappa shape index (κ2) is 8.02. The lowest BCUT2D eigenvalue weighted by Gasteiger charge is -2.32. The Bertz CT molecular complexity index is 864. The first kappa shape index (κ1) is 21.1. The van der Waals surface area contributed by atoms with Gasteiger partial charge in [0.15, 0.2) is 0 Å². The van der Waals surface area contributed by atoms with E-state index in [-0.39, 0.29) is 17.8 Å². The predicted octanol–water partition coefficient (Wildman–Crippen LogP) is 5.23. The summed E-state index contributed by atoms with van der Waals surface area (Å²) in [5.41, 5.74) is 7.19. The first-order valence-electron chi connectivity index (χ1n) is 9.03. The van der Waals surface area contributed by atoms with Gasteiger partial charge in [-0.05, 0) is 77.6 Å². The fourth-order valence-corrected chi connectivity index (χ4v) is 4.68. The first-order valence-corrected chi connectivity index (χ1v) is 10.6. The van der Waals surface area contributed by atoms with Gasteiger partial charge in [0, 0.05) is 34.0 Å². The van der Waals surface area contributed by atoms with Crippen molar-refractivity contribution in [1.29, 1.82) is 0 Å². The van der Waals surface area contributed by atoms with Crippen molar-refractivity contribution in [3.8, 4) is 5.69 Å². The van der Waals surface area contributed by atoms with Crippen LogP contribution in [0.4, 0.5) is 15.0 Å². The van der Waals surface area contributed by atoms with Crippen LogP contribution in [0.15, 0.2) is 27.1 Å². The maximum absolute atomic E-state index is 13.6. The summed E-state index contributed by atoms with van der Waals surface area (Å²) >= 11 is 6.75. The number of nitrogen functional groups attached to an aromatic ring is 1. The van der Waals surface area contributed by atoms with E-state index in [1.54, 1.807) is 9.58 Å². The van der Waals surface area contributed by atoms with Crippen LogP contribution in [0.3, 0.4) is 0 Å². The predicted molar refractivity (Wildman–Crippen MR) is 113 cm³/mol. The molecule has 0 spiro atoms. The Kier molecular flexibility index (Phi) is 6.05. The molecule has 1 aromatic heterocycles. The molecule has 28 heavy (non-hydrogen) atoms. The van der Waals surface area contributed by atoms with Crippen molar-refractivity contribution in [3.05, 3.63) is 38.7 Å². The van der Waals surface area contributed by atoms with Crippen molar-refractivity contribution in [2.75, 3.05) is 18.8 Å². The number of piperidine rings is 1. The van der Waals surface area contributed by atoms with Crippen LogP contribution in [0.2, 0.25) is 0 Å². The standard InChI is InChI=1S/C19H23Br2FN4O2/c1-19(2,3)28-18(27)25-6-4-11(5-7-25)15-10-16(23)26(24-15)17-13(20)8-12(22)9-14(17)21/h8-11H,4-7,23H2,1-3H3. The summed E-state index contributed by atoms with van der Waals surface area (Å²) in [6.07, 6.45) is 1.28. The number of carbonyl (C=O) groups is 1. The van der Waals surface area contributed by atoms with E-state index in [2.05, 4.69) is 37.0 Å². The second-order valence-corrected chi connectivity index (χ2v) is 9.57. The molecule has 9 heteroatoms. The van der Waals surface area contributed by atoms with E-state index in [1.165, 1.54) is 12.1 Å². The van der Waals surface area contributed by atoms with E-state index in [9.17, 15) is 9.18 Å². The smallest absolute Gasteiger partial charge is 0.410 e. The Morgan fingerprint density at radius 2 is 1.79 bits per heavy atom. The van der Waals surface area contributed by atoms with Gasteiger partial charge >= 0.3 is 6.09 Å². The number of aromatic nitrogens is 2. The largest absolute Gasteiger partial charge is 0.444 e. The van der Waals surface area contributed by atoms with E-state index in [0.29, 0.717) is 33.5 Å². The molecule has 1 fully saturated rings. The number of ether oxygens (including phenoxy) is 1. The van der Waals surface area contributed by atoms with Crippen LogP contribution < -0.4 is 5.73 Å². The number of anilines is 1. The zero-order valence-electron chi connectivity index (χ0n) is 16.0. The minimum absolute atomic E-state index is 0.195. The molecule has 2 aromatic rings. The molecule has 0 unspecified atom stereocenters. The lowest BCUT2D eigenvalue weighted by atomic mass is 9.94. The van der Waals surface area contributed by atoms with Gasteiger partial charge in [0.05, 0.1) is 11.4 Å². The maximum atomic E-state index is 13.6. The third-order valence-corrected chi connectivity index (χ3v) is 5.72. The van der Waals surface area contributed by atoms with Gasteiger partial charge in [-0.1, -0.05) is 0 Å². The highest BCUT2D eigenvalue weighted by molar-refractivity contribution is 9.11. The van der Waals surface area contributed by atoms with Crippen molar-refractivity contribution in [3.63, 3.8) is 0 Å². The molecule has 3 rings (SSSR count). The van der Waals surface area contributed by atoms with Crippen LogP contribution in [-0.4, -0.2) is 39.5 Å². The molecular formula is C19H23Br2FN4O2. The van der Waals surface area contributed by atoms with E-state index < -0.39 is 5.60 Å². The summed E-state index contributed by atoms with van der Waals surface area (Å²) in [7, 11) is 0. The van der Waals surface area contributed by atoms with E-state index in [4.69, 9.17) is 10.5 Å². The zero-order valence-corrected chi connectivity index (χ0v) is 19.2. The Morgan fingerprint density at radius 3 is 2.32 bits per heavy atom. The molecule has 2 heterocycles. The van der Waals surface area contributed by atoms with E-state index >= 15 is 0 Å². The minimum atomic E-state index is -0.503. The molecule has 2 N–H and O–H groups in total. The van der Waals surface area contributed by atoms with Crippen LogP contribution in [0.5, 0.6) is 0 Å². The maximum Gasteiger partial charge on any atom is 0.410 e. The van der Waals surface area contributed by atoms with Crippen molar-refractivity contribution < 1.29 is 13.9 Å². The number of rotatable bonds is 2. The Labute approximate surface area is 180 Å². The number of hydrogen-bond acceptors (Lipinski definition) is 4. The van der Waals surface area contributed by atoms with Gasteiger partial charge in [-0.15, -0.1) is 0 Å². The number of hydrogen-bond donors (Lipinski definition) is 1. The van der Waals surface area contributed by atoms with Crippen molar-refractivity contribution in [2.24, 2.45) is 0 Å². The molecule has 1 aliphatic rings. The molecule has 0 atom stereocenters. The Hall–Kier alpha value is -1.61. The summed E-state index contributed by atoms with van der Waals surface area (Å²) in [6, 6.07) is 4.59. The Balaban J connectivity index is 1.74. The second-order valence-electron chi connectivity index (χ2n) is 7.87. The quantitative estimate of drug-likeness (QED) is 0.591. The molecule has 1 amide bonds. The molecule has 0 bridgehead atoms. The van der Waals surface area contributed by atoms with E-state index in [0.717, 1.165) is 18.5 Å². The number of benzene rings is 1. The van der Waals surface area contributed by atoms with Gasteiger partial charge in [-0.3, -0.25) is 0 Å². The highest BCUT2D eigenvalue weighted by atomic mass is 79.9. The van der Waals surface area contributed by atoms with Gasteiger partial charge < -0.3 is 15.4 Å². The highest BCUT2D eigenvalue weighted by Gasteiger charge is 2.29. The summed E-state index contributed by atoms with van der Waals surface area (Å²) in [6.45, 7) is 6.79. The van der Waals surface area contributed by atoms with Crippen LogP contribution >= 0.6 is 31.9 Å². The van der Waals surface area contributed by atoms with Gasteiger partial charge in [0.2, 0.25) is 0 Å². The van der Waals surface area contributed by atoms with E-state index in [1.807, 2.05) is 26.8 Å². The lowest BCUT2D eigenvalue weighted by molar-refractivity contribution is 0.0204.